The summed E-state index contributed by atoms with van der Waals surface area (Å²) in [5.74, 6) is 0.581. The maximum Gasteiger partial charge on any atom is 0.341 e. The van der Waals surface area contributed by atoms with Crippen LogP contribution in [0.3, 0.4) is 0 Å². The highest BCUT2D eigenvalue weighted by molar-refractivity contribution is 7.78. The summed E-state index contributed by atoms with van der Waals surface area (Å²) >= 11 is 4.57. The number of amides is 1. The van der Waals surface area contributed by atoms with Gasteiger partial charge in [0.05, 0.1) is 18.3 Å². The molecule has 0 unspecified atom stereocenters. The number of anilines is 1. The summed E-state index contributed by atoms with van der Waals surface area (Å²) in [5.41, 5.74) is 4.20. The van der Waals surface area contributed by atoms with Crippen molar-refractivity contribution in [2.45, 2.75) is 52.3 Å². The topological polar surface area (TPSA) is 107 Å². The third kappa shape index (κ3) is 6.17. The number of aromatic nitrogens is 3. The summed E-state index contributed by atoms with van der Waals surface area (Å²) in [4.78, 5) is 34.0. The van der Waals surface area contributed by atoms with E-state index in [4.69, 9.17) is 9.47 Å². The van der Waals surface area contributed by atoms with Crippen molar-refractivity contribution in [3.8, 4) is 16.9 Å². The Labute approximate surface area is 232 Å². The van der Waals surface area contributed by atoms with E-state index in [1.165, 1.54) is 0 Å². The van der Waals surface area contributed by atoms with Gasteiger partial charge in [-0.05, 0) is 81.1 Å². The molecule has 2 N–H and O–H groups in total. The zero-order chi connectivity index (χ0) is 27.5. The van der Waals surface area contributed by atoms with Crippen LogP contribution < -0.4 is 15.4 Å². The first-order valence-electron chi connectivity index (χ1n) is 13.0. The van der Waals surface area contributed by atoms with Gasteiger partial charge in [0.15, 0.2) is 0 Å². The maximum absolute atomic E-state index is 12.7. The lowest BCUT2D eigenvalue weighted by Gasteiger charge is -2.15. The number of carbonyl (C=O) groups is 2. The second-order valence-electron chi connectivity index (χ2n) is 9.74. The van der Waals surface area contributed by atoms with Crippen LogP contribution in [0.15, 0.2) is 55.0 Å². The Balaban J connectivity index is 1.50. The van der Waals surface area contributed by atoms with Gasteiger partial charge < -0.3 is 20.1 Å². The van der Waals surface area contributed by atoms with Crippen molar-refractivity contribution in [3.63, 3.8) is 0 Å². The molecule has 0 bridgehead atoms. The number of hydrogen-bond acceptors (Lipinski definition) is 8. The number of rotatable bonds is 10. The summed E-state index contributed by atoms with van der Waals surface area (Å²) in [6.07, 6.45) is 7.08. The van der Waals surface area contributed by atoms with Crippen molar-refractivity contribution in [2.24, 2.45) is 0 Å². The van der Waals surface area contributed by atoms with Gasteiger partial charge in [0.2, 0.25) is 0 Å². The lowest BCUT2D eigenvalue weighted by Crippen LogP contribution is -2.25. The minimum absolute atomic E-state index is 0.0297. The zero-order valence-electron chi connectivity index (χ0n) is 22.1. The van der Waals surface area contributed by atoms with E-state index in [1.807, 2.05) is 44.3 Å². The molecular weight excluding hydrogens is 514 g/mol. The van der Waals surface area contributed by atoms with Gasteiger partial charge in [-0.2, -0.15) is 0 Å². The Morgan fingerprint density at radius 3 is 2.74 bits per heavy atom. The van der Waals surface area contributed by atoms with E-state index in [0.29, 0.717) is 34.9 Å². The Morgan fingerprint density at radius 2 is 2.00 bits per heavy atom. The number of hydrogen-bond donors (Lipinski definition) is 3. The number of ether oxygens (including phenoxy) is 2. The molecular formula is C29H31N5O4S. The number of carbonyl (C=O) groups excluding carboxylic acids is 2. The van der Waals surface area contributed by atoms with Gasteiger partial charge in [-0.1, -0.05) is 12.8 Å². The zero-order valence-corrected chi connectivity index (χ0v) is 23.0. The number of pyridine rings is 2. The summed E-state index contributed by atoms with van der Waals surface area (Å²) in [6.45, 7) is 6.38. The summed E-state index contributed by atoms with van der Waals surface area (Å²) in [7, 11) is 0. The average Bonchev–Trinajstić information content (AvgIpc) is 3.67. The Bertz CT molecular complexity index is 1530. The van der Waals surface area contributed by atoms with Crippen molar-refractivity contribution < 1.29 is 19.1 Å². The van der Waals surface area contributed by atoms with Crippen molar-refractivity contribution >= 4 is 41.5 Å². The highest BCUT2D eigenvalue weighted by Gasteiger charge is 2.24. The van der Waals surface area contributed by atoms with Gasteiger partial charge in [0.25, 0.3) is 5.91 Å². The molecule has 10 heteroatoms. The third-order valence-corrected chi connectivity index (χ3v) is 6.52. The molecule has 9 nitrogen and oxygen atoms in total. The minimum Gasteiger partial charge on any atom is -0.491 e. The third-order valence-electron chi connectivity index (χ3n) is 6.21. The lowest BCUT2D eigenvalue weighted by atomic mass is 10.0. The quantitative estimate of drug-likeness (QED) is 0.184. The van der Waals surface area contributed by atoms with Crippen LogP contribution in [-0.4, -0.2) is 44.6 Å². The summed E-state index contributed by atoms with van der Waals surface area (Å²) < 4.78 is 12.9. The minimum atomic E-state index is -0.429. The van der Waals surface area contributed by atoms with Crippen molar-refractivity contribution in [2.75, 3.05) is 11.9 Å². The fraction of sp³-hybridized carbons (Fsp3) is 0.310. The summed E-state index contributed by atoms with van der Waals surface area (Å²) in [5, 5.41) is 7.10. The fourth-order valence-corrected chi connectivity index (χ4v) is 4.58. The predicted octanol–water partition coefficient (Wildman–Crippen LogP) is 5.26. The average molecular weight is 546 g/mol. The molecule has 0 spiro atoms. The molecule has 3 aromatic heterocycles. The molecule has 1 amide bonds. The van der Waals surface area contributed by atoms with Crippen molar-refractivity contribution in [3.05, 3.63) is 71.7 Å². The molecule has 4 aromatic rings. The number of nitrogens with one attached hydrogen (secondary N) is 2. The normalized spacial score (nSPS) is 12.9. The molecule has 5 rings (SSSR count). The molecule has 1 aliphatic carbocycles. The lowest BCUT2D eigenvalue weighted by molar-refractivity contribution is 0.0527. The van der Waals surface area contributed by atoms with E-state index in [1.54, 1.807) is 35.4 Å². The number of esters is 1. The van der Waals surface area contributed by atoms with Gasteiger partial charge in [-0.3, -0.25) is 8.77 Å². The molecule has 0 atom stereocenters. The molecule has 1 fully saturated rings. The van der Waals surface area contributed by atoms with E-state index in [-0.39, 0.29) is 24.7 Å². The van der Waals surface area contributed by atoms with Gasteiger partial charge in [-0.25, -0.2) is 14.8 Å². The number of fused-ring (bicyclic) bond motifs is 1. The van der Waals surface area contributed by atoms with Crippen LogP contribution in [0.4, 0.5) is 5.82 Å². The SMILES string of the molecule is CCOC(=O)c1cccnc1NCc1cc(OC(C)C)cc(-c2cn(S)c3ncc(C(=O)NC4CC4)cc23)c1. The number of nitrogens with zero attached hydrogens (tertiary/aromatic N) is 3. The van der Waals surface area contributed by atoms with Crippen LogP contribution >= 0.6 is 12.8 Å². The Hall–Kier alpha value is -4.05. The van der Waals surface area contributed by atoms with Crippen molar-refractivity contribution in [1.29, 1.82) is 0 Å². The van der Waals surface area contributed by atoms with E-state index in [2.05, 4.69) is 33.4 Å². The molecule has 0 radical (unpaired) electrons. The summed E-state index contributed by atoms with van der Waals surface area (Å²) in [6, 6.07) is 11.5. The Morgan fingerprint density at radius 1 is 1.18 bits per heavy atom. The monoisotopic (exact) mass is 545 g/mol. The van der Waals surface area contributed by atoms with E-state index < -0.39 is 5.97 Å². The van der Waals surface area contributed by atoms with E-state index >= 15 is 0 Å². The first-order chi connectivity index (χ1) is 18.8. The van der Waals surface area contributed by atoms with Crippen LogP contribution in [0.5, 0.6) is 5.75 Å². The smallest absolute Gasteiger partial charge is 0.341 e. The highest BCUT2D eigenvalue weighted by atomic mass is 32.1. The molecule has 3 heterocycles. The van der Waals surface area contributed by atoms with Crippen LogP contribution in [0.1, 0.15) is 59.9 Å². The van der Waals surface area contributed by atoms with E-state index in [0.717, 1.165) is 34.9 Å². The predicted molar refractivity (Wildman–Crippen MR) is 153 cm³/mol. The molecule has 39 heavy (non-hydrogen) atoms. The van der Waals surface area contributed by atoms with Crippen LogP contribution in [0, 0.1) is 0 Å². The van der Waals surface area contributed by atoms with Crippen LogP contribution in [-0.2, 0) is 11.3 Å². The molecule has 0 saturated heterocycles. The molecule has 1 aliphatic rings. The standard InChI is InChI=1S/C29H31N5O4S/c1-4-37-29(36)23-6-5-9-30-26(23)31-14-18-10-19(12-22(11-18)38-17(2)3)25-16-34(39)27-24(25)13-20(15-32-27)28(35)33-21-7-8-21/h5-6,9-13,15-17,21,39H,4,7-8,14H2,1-3H3,(H,30,31)(H,33,35). The molecule has 1 saturated carbocycles. The number of benzene rings is 1. The van der Waals surface area contributed by atoms with Crippen LogP contribution in [0.25, 0.3) is 22.2 Å². The van der Waals surface area contributed by atoms with Crippen LogP contribution in [0.2, 0.25) is 0 Å². The Kier molecular flexibility index (Phi) is 7.74. The molecule has 202 valence electrons. The van der Waals surface area contributed by atoms with Gasteiger partial charge >= 0.3 is 5.97 Å². The van der Waals surface area contributed by atoms with Crippen molar-refractivity contribution in [1.82, 2.24) is 19.3 Å². The second-order valence-corrected chi connectivity index (χ2v) is 10.2. The van der Waals surface area contributed by atoms with Gasteiger partial charge in [0.1, 0.15) is 22.8 Å². The molecule has 0 aliphatic heterocycles. The second kappa shape index (κ2) is 11.4. The number of thiol groups is 1. The van der Waals surface area contributed by atoms with Gasteiger partial charge in [0, 0.05) is 42.1 Å². The largest absolute Gasteiger partial charge is 0.491 e. The highest BCUT2D eigenvalue weighted by Crippen LogP contribution is 2.34. The first-order valence-corrected chi connectivity index (χ1v) is 13.4. The molecule has 1 aromatic carbocycles. The first kappa shape index (κ1) is 26.6. The van der Waals surface area contributed by atoms with Gasteiger partial charge in [-0.15, -0.1) is 0 Å². The fourth-order valence-electron chi connectivity index (χ4n) is 4.31. The maximum atomic E-state index is 12.7. The van der Waals surface area contributed by atoms with E-state index in [9.17, 15) is 9.59 Å².